The minimum atomic E-state index is -0.511. The molecule has 7 heteroatoms. The van der Waals surface area contributed by atoms with Gasteiger partial charge in [0.25, 0.3) is 5.56 Å². The molecule has 0 atom stereocenters. The van der Waals surface area contributed by atoms with E-state index in [4.69, 9.17) is 0 Å². The summed E-state index contributed by atoms with van der Waals surface area (Å²) in [6.07, 6.45) is 0. The van der Waals surface area contributed by atoms with Gasteiger partial charge in [-0.25, -0.2) is 9.36 Å². The molecule has 0 spiro atoms. The number of hydrogen-bond donors (Lipinski definition) is 1. The van der Waals surface area contributed by atoms with Crippen molar-refractivity contribution in [3.8, 4) is 5.69 Å². The second-order valence-corrected chi connectivity index (χ2v) is 7.55. The Morgan fingerprint density at radius 3 is 2.54 bits per heavy atom. The molecule has 1 aromatic carbocycles. The van der Waals surface area contributed by atoms with Crippen molar-refractivity contribution in [3.05, 3.63) is 61.6 Å². The number of carbonyl (C=O) groups is 1. The topological polar surface area (TPSA) is 73.1 Å². The van der Waals surface area contributed by atoms with Crippen LogP contribution in [0.5, 0.6) is 0 Å². The number of nitrogens with zero attached hydrogens (tertiary/aromatic N) is 2. The number of nitrogens with one attached hydrogen (secondary N) is 1. The first-order chi connectivity index (χ1) is 12.3. The lowest BCUT2D eigenvalue weighted by molar-refractivity contribution is -0.122. The number of amides is 1. The summed E-state index contributed by atoms with van der Waals surface area (Å²) in [6, 6.07) is 7.13. The zero-order valence-corrected chi connectivity index (χ0v) is 16.0. The SMILES string of the molecule is Cc1ccc(-n2c(=O)c3sccc3n(CC(=O)NC(C)C)c2=O)cc1C. The second-order valence-electron chi connectivity index (χ2n) is 6.64. The van der Waals surface area contributed by atoms with Crippen LogP contribution in [0.15, 0.2) is 39.2 Å². The van der Waals surface area contributed by atoms with Gasteiger partial charge in [0, 0.05) is 6.04 Å². The third-order valence-corrected chi connectivity index (χ3v) is 5.15. The van der Waals surface area contributed by atoms with Crippen molar-refractivity contribution < 1.29 is 4.79 Å². The lowest BCUT2D eigenvalue weighted by atomic mass is 10.1. The molecule has 0 unspecified atom stereocenters. The average Bonchev–Trinajstić information content (AvgIpc) is 3.04. The molecule has 0 radical (unpaired) electrons. The lowest BCUT2D eigenvalue weighted by Gasteiger charge is -2.14. The fraction of sp³-hybridized carbons (Fsp3) is 0.316. The number of benzene rings is 1. The molecule has 2 aromatic heterocycles. The van der Waals surface area contributed by atoms with Crippen LogP contribution in [0.1, 0.15) is 25.0 Å². The lowest BCUT2D eigenvalue weighted by Crippen LogP contribution is -2.42. The van der Waals surface area contributed by atoms with Crippen molar-refractivity contribution in [1.29, 1.82) is 0 Å². The van der Waals surface area contributed by atoms with Crippen LogP contribution in [-0.4, -0.2) is 21.1 Å². The molecule has 3 aromatic rings. The molecular formula is C19H21N3O3S. The number of carbonyl (C=O) groups excluding carboxylic acids is 1. The van der Waals surface area contributed by atoms with Crippen LogP contribution in [0.4, 0.5) is 0 Å². The first kappa shape index (κ1) is 18.1. The first-order valence-corrected chi connectivity index (χ1v) is 9.27. The number of thiophene rings is 1. The van der Waals surface area contributed by atoms with E-state index >= 15 is 0 Å². The van der Waals surface area contributed by atoms with Gasteiger partial charge in [-0.05, 0) is 62.4 Å². The van der Waals surface area contributed by atoms with Crippen LogP contribution in [0.2, 0.25) is 0 Å². The molecule has 0 aliphatic rings. The molecule has 0 aliphatic carbocycles. The molecule has 0 saturated carbocycles. The molecule has 136 valence electrons. The van der Waals surface area contributed by atoms with Crippen molar-refractivity contribution in [1.82, 2.24) is 14.5 Å². The minimum Gasteiger partial charge on any atom is -0.352 e. The predicted molar refractivity (Wildman–Crippen MR) is 104 cm³/mol. The molecule has 3 rings (SSSR count). The summed E-state index contributed by atoms with van der Waals surface area (Å²) in [5.41, 5.74) is 2.20. The molecule has 1 amide bonds. The predicted octanol–water partition coefficient (Wildman–Crippen LogP) is 2.36. The zero-order chi connectivity index (χ0) is 19.0. The number of rotatable bonds is 4. The smallest absolute Gasteiger partial charge is 0.336 e. The van der Waals surface area contributed by atoms with Gasteiger partial charge in [0.1, 0.15) is 11.2 Å². The highest BCUT2D eigenvalue weighted by atomic mass is 32.1. The Kier molecular flexibility index (Phi) is 4.82. The Balaban J connectivity index is 2.24. The van der Waals surface area contributed by atoms with E-state index < -0.39 is 5.69 Å². The first-order valence-electron chi connectivity index (χ1n) is 8.39. The van der Waals surface area contributed by atoms with Crippen LogP contribution < -0.4 is 16.6 Å². The Morgan fingerprint density at radius 1 is 1.15 bits per heavy atom. The van der Waals surface area contributed by atoms with Gasteiger partial charge in [-0.15, -0.1) is 11.3 Å². The van der Waals surface area contributed by atoms with Gasteiger partial charge in [-0.3, -0.25) is 14.2 Å². The number of aromatic nitrogens is 2. The Labute approximate surface area is 154 Å². The van der Waals surface area contributed by atoms with Gasteiger partial charge in [0.05, 0.1) is 11.2 Å². The van der Waals surface area contributed by atoms with Crippen molar-refractivity contribution >= 4 is 27.5 Å². The van der Waals surface area contributed by atoms with Crippen molar-refractivity contribution in [2.45, 2.75) is 40.3 Å². The minimum absolute atomic E-state index is 0.0261. The summed E-state index contributed by atoms with van der Waals surface area (Å²) in [5.74, 6) is -0.264. The van der Waals surface area contributed by atoms with E-state index in [1.165, 1.54) is 15.9 Å². The van der Waals surface area contributed by atoms with Crippen LogP contribution in [-0.2, 0) is 11.3 Å². The molecule has 0 fully saturated rings. The van der Waals surface area contributed by atoms with Crippen molar-refractivity contribution in [3.63, 3.8) is 0 Å². The maximum atomic E-state index is 13.1. The molecule has 2 heterocycles. The maximum absolute atomic E-state index is 13.1. The van der Waals surface area contributed by atoms with Crippen molar-refractivity contribution in [2.24, 2.45) is 0 Å². The molecule has 0 bridgehead atoms. The highest BCUT2D eigenvalue weighted by Crippen LogP contribution is 2.17. The second kappa shape index (κ2) is 6.92. The fourth-order valence-electron chi connectivity index (χ4n) is 2.84. The molecule has 1 N–H and O–H groups in total. The number of fused-ring (bicyclic) bond motifs is 1. The quantitative estimate of drug-likeness (QED) is 0.765. The summed E-state index contributed by atoms with van der Waals surface area (Å²) in [7, 11) is 0. The van der Waals surface area contributed by atoms with Gasteiger partial charge in [0.2, 0.25) is 5.91 Å². The molecule has 6 nitrogen and oxygen atoms in total. The van der Waals surface area contributed by atoms with Crippen molar-refractivity contribution in [2.75, 3.05) is 0 Å². The van der Waals surface area contributed by atoms with Gasteiger partial charge in [-0.2, -0.15) is 0 Å². The maximum Gasteiger partial charge on any atom is 0.336 e. The number of aryl methyl sites for hydroxylation is 2. The van der Waals surface area contributed by atoms with Crippen LogP contribution in [0.25, 0.3) is 15.9 Å². The molecular weight excluding hydrogens is 350 g/mol. The third kappa shape index (κ3) is 3.22. The molecule has 0 saturated heterocycles. The highest BCUT2D eigenvalue weighted by Gasteiger charge is 2.18. The van der Waals surface area contributed by atoms with E-state index in [0.717, 1.165) is 15.7 Å². The highest BCUT2D eigenvalue weighted by molar-refractivity contribution is 7.17. The molecule has 26 heavy (non-hydrogen) atoms. The Morgan fingerprint density at radius 2 is 1.88 bits per heavy atom. The standard InChI is InChI=1S/C19H21N3O3S/c1-11(2)20-16(23)10-21-15-7-8-26-17(15)18(24)22(19(21)25)14-6-5-12(3)13(4)9-14/h5-9,11H,10H2,1-4H3,(H,20,23). The summed E-state index contributed by atoms with van der Waals surface area (Å²) in [6.45, 7) is 7.49. The van der Waals surface area contributed by atoms with E-state index in [1.54, 1.807) is 17.5 Å². The summed E-state index contributed by atoms with van der Waals surface area (Å²) >= 11 is 1.27. The zero-order valence-electron chi connectivity index (χ0n) is 15.2. The fourth-order valence-corrected chi connectivity index (χ4v) is 3.67. The van der Waals surface area contributed by atoms with Gasteiger partial charge >= 0.3 is 5.69 Å². The molecule has 0 aliphatic heterocycles. The van der Waals surface area contributed by atoms with E-state index in [9.17, 15) is 14.4 Å². The number of hydrogen-bond acceptors (Lipinski definition) is 4. The summed E-state index contributed by atoms with van der Waals surface area (Å²) in [5, 5.41) is 4.54. The average molecular weight is 371 g/mol. The van der Waals surface area contributed by atoms with Gasteiger partial charge < -0.3 is 5.32 Å². The van der Waals surface area contributed by atoms with E-state index in [-0.39, 0.29) is 24.1 Å². The normalized spacial score (nSPS) is 11.3. The van der Waals surface area contributed by atoms with Gasteiger partial charge in [0.15, 0.2) is 0 Å². The van der Waals surface area contributed by atoms with Crippen LogP contribution in [0.3, 0.4) is 0 Å². The van der Waals surface area contributed by atoms with E-state index in [0.29, 0.717) is 15.9 Å². The third-order valence-electron chi connectivity index (χ3n) is 4.25. The van der Waals surface area contributed by atoms with E-state index in [2.05, 4.69) is 5.32 Å². The van der Waals surface area contributed by atoms with Crippen LogP contribution in [0, 0.1) is 13.8 Å². The summed E-state index contributed by atoms with van der Waals surface area (Å²) in [4.78, 5) is 38.2. The van der Waals surface area contributed by atoms with Crippen LogP contribution >= 0.6 is 11.3 Å². The van der Waals surface area contributed by atoms with E-state index in [1.807, 2.05) is 39.8 Å². The Bertz CT molecular complexity index is 1110. The van der Waals surface area contributed by atoms with Gasteiger partial charge in [-0.1, -0.05) is 6.07 Å². The largest absolute Gasteiger partial charge is 0.352 e. The monoisotopic (exact) mass is 371 g/mol. The Hall–Kier alpha value is -2.67. The summed E-state index contributed by atoms with van der Waals surface area (Å²) < 4.78 is 2.97.